The van der Waals surface area contributed by atoms with Crippen molar-refractivity contribution in [3.63, 3.8) is 0 Å². The van der Waals surface area contributed by atoms with Crippen LogP contribution < -0.4 is 10.3 Å². The molecule has 0 radical (unpaired) electrons. The highest BCUT2D eigenvalue weighted by Gasteiger charge is 2.33. The van der Waals surface area contributed by atoms with Gasteiger partial charge in [-0.3, -0.25) is 9.59 Å². The molecular formula is C15H12N4O3. The van der Waals surface area contributed by atoms with E-state index in [1.165, 1.54) is 18.5 Å². The van der Waals surface area contributed by atoms with Crippen LogP contribution >= 0.6 is 0 Å². The number of carbonyl (C=O) groups is 1. The number of aromatic nitrogens is 2. The third-order valence-electron chi connectivity index (χ3n) is 3.34. The minimum Gasteiger partial charge on any atom is -0.471 e. The molecule has 3 rings (SSSR count). The van der Waals surface area contributed by atoms with Gasteiger partial charge in [0.15, 0.2) is 0 Å². The van der Waals surface area contributed by atoms with Gasteiger partial charge in [0.25, 0.3) is 11.5 Å². The minimum atomic E-state index is -0.398. The van der Waals surface area contributed by atoms with E-state index in [1.54, 1.807) is 23.1 Å². The first kappa shape index (κ1) is 13.8. The van der Waals surface area contributed by atoms with Crippen LogP contribution in [0.15, 0.2) is 41.5 Å². The van der Waals surface area contributed by atoms with E-state index in [0.717, 1.165) is 0 Å². The van der Waals surface area contributed by atoms with Crippen LogP contribution in [0.1, 0.15) is 15.9 Å². The molecule has 22 heavy (non-hydrogen) atoms. The lowest BCUT2D eigenvalue weighted by atomic mass is 10.1. The molecule has 2 aromatic rings. The summed E-state index contributed by atoms with van der Waals surface area (Å²) in [7, 11) is 0. The SMILES string of the molecule is N#Cc1ccc(OC2CN(C(=O)c3ccc[nH]c3=O)C2)nc1. The van der Waals surface area contributed by atoms with E-state index in [9.17, 15) is 9.59 Å². The van der Waals surface area contributed by atoms with Crippen molar-refractivity contribution in [1.29, 1.82) is 5.26 Å². The maximum atomic E-state index is 12.1. The molecule has 0 atom stereocenters. The Morgan fingerprint density at radius 1 is 1.41 bits per heavy atom. The van der Waals surface area contributed by atoms with Gasteiger partial charge in [-0.15, -0.1) is 0 Å². The first-order chi connectivity index (χ1) is 10.7. The Morgan fingerprint density at radius 3 is 2.86 bits per heavy atom. The topological polar surface area (TPSA) is 99.1 Å². The van der Waals surface area contributed by atoms with Crippen molar-refractivity contribution in [3.8, 4) is 11.9 Å². The summed E-state index contributed by atoms with van der Waals surface area (Å²) in [6.45, 7) is 0.795. The van der Waals surface area contributed by atoms with Gasteiger partial charge in [-0.1, -0.05) is 0 Å². The molecule has 0 saturated carbocycles. The standard InChI is InChI=1S/C15H12N4O3/c16-6-10-3-4-13(18-7-10)22-11-8-19(9-11)15(21)12-2-1-5-17-14(12)20/h1-5,7,11H,8-9H2,(H,17,20). The van der Waals surface area contributed by atoms with Gasteiger partial charge in [0.1, 0.15) is 17.7 Å². The second-order valence-corrected chi connectivity index (χ2v) is 4.86. The molecule has 1 N–H and O–H groups in total. The van der Waals surface area contributed by atoms with E-state index in [1.807, 2.05) is 6.07 Å². The van der Waals surface area contributed by atoms with E-state index >= 15 is 0 Å². The van der Waals surface area contributed by atoms with Crippen LogP contribution in [0.2, 0.25) is 0 Å². The number of pyridine rings is 2. The predicted octanol–water partition coefficient (Wildman–Crippen LogP) is 0.545. The summed E-state index contributed by atoms with van der Waals surface area (Å²) in [6, 6.07) is 8.32. The summed E-state index contributed by atoms with van der Waals surface area (Å²) in [6.07, 6.45) is 2.75. The van der Waals surface area contributed by atoms with Gasteiger partial charge >= 0.3 is 0 Å². The van der Waals surface area contributed by atoms with E-state index in [2.05, 4.69) is 9.97 Å². The van der Waals surface area contributed by atoms with Crippen molar-refractivity contribution in [1.82, 2.24) is 14.9 Å². The molecule has 2 aromatic heterocycles. The summed E-state index contributed by atoms with van der Waals surface area (Å²) in [5, 5.41) is 8.69. The monoisotopic (exact) mass is 296 g/mol. The first-order valence-electron chi connectivity index (χ1n) is 6.67. The van der Waals surface area contributed by atoms with Crippen LogP contribution in [0.3, 0.4) is 0 Å². The lowest BCUT2D eigenvalue weighted by molar-refractivity contribution is 0.0159. The van der Waals surface area contributed by atoms with Crippen LogP contribution in [0, 0.1) is 11.3 Å². The highest BCUT2D eigenvalue weighted by Crippen LogP contribution is 2.17. The molecule has 7 heteroatoms. The van der Waals surface area contributed by atoms with Crippen molar-refractivity contribution in [2.45, 2.75) is 6.10 Å². The molecule has 1 saturated heterocycles. The highest BCUT2D eigenvalue weighted by molar-refractivity contribution is 5.94. The lowest BCUT2D eigenvalue weighted by Gasteiger charge is -2.38. The predicted molar refractivity (Wildman–Crippen MR) is 76.3 cm³/mol. The van der Waals surface area contributed by atoms with Gasteiger partial charge < -0.3 is 14.6 Å². The molecule has 0 aromatic carbocycles. The molecule has 1 aliphatic rings. The Bertz CT molecular complexity index is 785. The largest absolute Gasteiger partial charge is 0.471 e. The maximum absolute atomic E-state index is 12.1. The van der Waals surface area contributed by atoms with E-state index in [-0.39, 0.29) is 17.6 Å². The number of rotatable bonds is 3. The Kier molecular flexibility index (Phi) is 3.58. The summed E-state index contributed by atoms with van der Waals surface area (Å²) >= 11 is 0. The number of nitrogens with one attached hydrogen (secondary N) is 1. The Morgan fingerprint density at radius 2 is 2.23 bits per heavy atom. The Labute approximate surface area is 125 Å². The van der Waals surface area contributed by atoms with E-state index in [4.69, 9.17) is 10.00 Å². The number of nitriles is 1. The van der Waals surface area contributed by atoms with Gasteiger partial charge in [0.05, 0.1) is 18.7 Å². The molecule has 1 amide bonds. The minimum absolute atomic E-state index is 0.123. The van der Waals surface area contributed by atoms with Crippen LogP contribution in [0.5, 0.6) is 5.88 Å². The summed E-state index contributed by atoms with van der Waals surface area (Å²) < 4.78 is 5.60. The fraction of sp³-hybridized carbons (Fsp3) is 0.200. The number of H-pyrrole nitrogens is 1. The maximum Gasteiger partial charge on any atom is 0.260 e. The number of likely N-dealkylation sites (tertiary alicyclic amines) is 1. The number of aromatic amines is 1. The Hall–Kier alpha value is -3.14. The van der Waals surface area contributed by atoms with Gasteiger partial charge in [0.2, 0.25) is 5.88 Å². The summed E-state index contributed by atoms with van der Waals surface area (Å²) in [4.78, 5) is 31.7. The van der Waals surface area contributed by atoms with Crippen LogP contribution in [0.4, 0.5) is 0 Å². The van der Waals surface area contributed by atoms with Crippen molar-refractivity contribution in [2.24, 2.45) is 0 Å². The average molecular weight is 296 g/mol. The highest BCUT2D eigenvalue weighted by atomic mass is 16.5. The normalized spacial score (nSPS) is 14.0. The molecule has 110 valence electrons. The molecule has 3 heterocycles. The molecule has 0 spiro atoms. The van der Waals surface area contributed by atoms with Gasteiger partial charge in [-0.2, -0.15) is 5.26 Å². The van der Waals surface area contributed by atoms with Crippen LogP contribution in [0.25, 0.3) is 0 Å². The molecule has 0 bridgehead atoms. The van der Waals surface area contributed by atoms with Crippen molar-refractivity contribution >= 4 is 5.91 Å². The van der Waals surface area contributed by atoms with Crippen molar-refractivity contribution < 1.29 is 9.53 Å². The van der Waals surface area contributed by atoms with Crippen molar-refractivity contribution in [2.75, 3.05) is 13.1 Å². The van der Waals surface area contributed by atoms with E-state index < -0.39 is 5.56 Å². The number of ether oxygens (including phenoxy) is 1. The molecule has 0 aliphatic carbocycles. The molecular weight excluding hydrogens is 284 g/mol. The third kappa shape index (κ3) is 2.67. The van der Waals surface area contributed by atoms with Crippen LogP contribution in [-0.2, 0) is 0 Å². The second kappa shape index (κ2) is 5.69. The van der Waals surface area contributed by atoms with Crippen molar-refractivity contribution in [3.05, 3.63) is 58.1 Å². The summed E-state index contributed by atoms with van der Waals surface area (Å²) in [5.74, 6) is 0.100. The average Bonchev–Trinajstić information content (AvgIpc) is 2.51. The smallest absolute Gasteiger partial charge is 0.260 e. The number of nitrogens with zero attached hydrogens (tertiary/aromatic N) is 3. The fourth-order valence-corrected chi connectivity index (χ4v) is 2.13. The second-order valence-electron chi connectivity index (χ2n) is 4.86. The molecule has 1 aliphatic heterocycles. The zero-order valence-electron chi connectivity index (χ0n) is 11.5. The van der Waals surface area contributed by atoms with Gasteiger partial charge in [-0.05, 0) is 18.2 Å². The third-order valence-corrected chi connectivity index (χ3v) is 3.34. The first-order valence-corrected chi connectivity index (χ1v) is 6.67. The number of hydrogen-bond acceptors (Lipinski definition) is 5. The number of amides is 1. The molecule has 7 nitrogen and oxygen atoms in total. The quantitative estimate of drug-likeness (QED) is 0.891. The zero-order chi connectivity index (χ0) is 15.5. The summed E-state index contributed by atoms with van der Waals surface area (Å²) in [5.41, 5.74) is 0.184. The van der Waals surface area contributed by atoms with Gasteiger partial charge in [0, 0.05) is 18.5 Å². The zero-order valence-corrected chi connectivity index (χ0v) is 11.5. The van der Waals surface area contributed by atoms with E-state index in [0.29, 0.717) is 24.5 Å². The van der Waals surface area contributed by atoms with Crippen LogP contribution in [-0.4, -0.2) is 40.0 Å². The van der Waals surface area contributed by atoms with Gasteiger partial charge in [-0.25, -0.2) is 4.98 Å². The fourth-order valence-electron chi connectivity index (χ4n) is 2.13. The number of carbonyl (C=O) groups excluding carboxylic acids is 1. The Balaban J connectivity index is 1.58. The number of hydrogen-bond donors (Lipinski definition) is 1. The lowest BCUT2D eigenvalue weighted by Crippen LogP contribution is -2.56. The molecule has 0 unspecified atom stereocenters. The molecule has 1 fully saturated rings.